The molecule has 54 valence electrons. The van der Waals surface area contributed by atoms with Crippen LogP contribution in [-0.4, -0.2) is 24.0 Å². The van der Waals surface area contributed by atoms with E-state index in [-0.39, 0.29) is 0 Å². The van der Waals surface area contributed by atoms with Gasteiger partial charge in [-0.3, -0.25) is 0 Å². The number of rotatable bonds is 2. The fourth-order valence-electron chi connectivity index (χ4n) is 0.615. The van der Waals surface area contributed by atoms with Crippen LogP contribution in [-0.2, 0) is 0 Å². The molecule has 0 N–H and O–H groups in total. The summed E-state index contributed by atoms with van der Waals surface area (Å²) < 4.78 is 0. The summed E-state index contributed by atoms with van der Waals surface area (Å²) in [4.78, 5) is 3.06. The molecule has 0 aliphatic carbocycles. The van der Waals surface area contributed by atoms with Crippen LogP contribution in [0.15, 0.2) is 0 Å². The van der Waals surface area contributed by atoms with Crippen molar-refractivity contribution in [3.05, 3.63) is 0 Å². The van der Waals surface area contributed by atoms with Crippen LogP contribution < -0.4 is 0 Å². The van der Waals surface area contributed by atoms with Gasteiger partial charge in [-0.05, 0) is 6.42 Å². The zero-order valence-corrected chi connectivity index (χ0v) is 7.46. The second kappa shape index (κ2) is 3.83. The van der Waals surface area contributed by atoms with Crippen molar-refractivity contribution in [2.24, 2.45) is 5.92 Å². The Bertz CT molecular complexity index is 99.1. The van der Waals surface area contributed by atoms with E-state index in [9.17, 15) is 0 Å². The molecule has 0 unspecified atom stereocenters. The maximum atomic E-state index is 5.13. The molecule has 0 bridgehead atoms. The van der Waals surface area contributed by atoms with Crippen molar-refractivity contribution in [1.82, 2.24) is 4.90 Å². The van der Waals surface area contributed by atoms with Crippen LogP contribution in [0.1, 0.15) is 20.3 Å². The summed E-state index contributed by atoms with van der Waals surface area (Å²) in [7, 11) is 3.99. The molecule has 0 aromatic carbocycles. The van der Waals surface area contributed by atoms with E-state index in [1.54, 1.807) is 0 Å². The standard InChI is InChI=1S/C7H15NS/c1-5-6(2)7(9)8(3)4/h6H,5H2,1-4H3/t6-/m1/s1. The molecule has 0 heterocycles. The van der Waals surface area contributed by atoms with Gasteiger partial charge in [0.2, 0.25) is 0 Å². The number of thiocarbonyl (C=S) groups is 1. The highest BCUT2D eigenvalue weighted by Crippen LogP contribution is 2.04. The van der Waals surface area contributed by atoms with Crippen molar-refractivity contribution in [2.75, 3.05) is 14.1 Å². The van der Waals surface area contributed by atoms with E-state index in [1.807, 2.05) is 19.0 Å². The minimum absolute atomic E-state index is 0.551. The van der Waals surface area contributed by atoms with Crippen LogP contribution in [0.3, 0.4) is 0 Å². The van der Waals surface area contributed by atoms with Crippen LogP contribution in [0.5, 0.6) is 0 Å². The zero-order chi connectivity index (χ0) is 7.44. The number of nitrogens with zero attached hydrogens (tertiary/aromatic N) is 1. The molecule has 0 spiro atoms. The van der Waals surface area contributed by atoms with E-state index in [0.717, 1.165) is 11.4 Å². The highest BCUT2D eigenvalue weighted by atomic mass is 32.1. The summed E-state index contributed by atoms with van der Waals surface area (Å²) in [6.07, 6.45) is 1.14. The lowest BCUT2D eigenvalue weighted by molar-refractivity contribution is 0.569. The van der Waals surface area contributed by atoms with E-state index < -0.39 is 0 Å². The van der Waals surface area contributed by atoms with E-state index in [4.69, 9.17) is 12.2 Å². The monoisotopic (exact) mass is 145 g/mol. The quantitative estimate of drug-likeness (QED) is 0.546. The maximum Gasteiger partial charge on any atom is 0.0802 e. The van der Waals surface area contributed by atoms with Gasteiger partial charge in [-0.2, -0.15) is 0 Å². The van der Waals surface area contributed by atoms with E-state index in [2.05, 4.69) is 13.8 Å². The van der Waals surface area contributed by atoms with Crippen molar-refractivity contribution >= 4 is 17.2 Å². The number of hydrogen-bond donors (Lipinski definition) is 0. The SMILES string of the molecule is CC[C@@H](C)C(=S)N(C)C. The van der Waals surface area contributed by atoms with Gasteiger partial charge in [-0.25, -0.2) is 0 Å². The summed E-state index contributed by atoms with van der Waals surface area (Å²) in [6.45, 7) is 4.31. The third kappa shape index (κ3) is 2.80. The zero-order valence-electron chi connectivity index (χ0n) is 6.64. The lowest BCUT2D eigenvalue weighted by Crippen LogP contribution is -2.25. The lowest BCUT2D eigenvalue weighted by Gasteiger charge is -2.18. The van der Waals surface area contributed by atoms with Crippen LogP contribution in [0.4, 0.5) is 0 Å². The maximum absolute atomic E-state index is 5.13. The molecule has 0 aliphatic rings. The van der Waals surface area contributed by atoms with Gasteiger partial charge < -0.3 is 4.90 Å². The molecule has 9 heavy (non-hydrogen) atoms. The molecule has 0 radical (unpaired) electrons. The Morgan fingerprint density at radius 3 is 2.11 bits per heavy atom. The highest BCUT2D eigenvalue weighted by Gasteiger charge is 2.06. The predicted molar refractivity (Wildman–Crippen MR) is 45.7 cm³/mol. The van der Waals surface area contributed by atoms with Crippen molar-refractivity contribution in [3.8, 4) is 0 Å². The van der Waals surface area contributed by atoms with Gasteiger partial charge in [-0.1, -0.05) is 26.1 Å². The van der Waals surface area contributed by atoms with Crippen LogP contribution >= 0.6 is 12.2 Å². The summed E-state index contributed by atoms with van der Waals surface area (Å²) in [5.41, 5.74) is 0. The Hall–Kier alpha value is -0.110. The second-order valence-corrected chi connectivity index (χ2v) is 2.96. The molecular weight excluding hydrogens is 130 g/mol. The molecule has 2 heteroatoms. The molecule has 0 aliphatic heterocycles. The van der Waals surface area contributed by atoms with Crippen molar-refractivity contribution in [2.45, 2.75) is 20.3 Å². The van der Waals surface area contributed by atoms with Gasteiger partial charge in [0, 0.05) is 20.0 Å². The summed E-state index contributed by atoms with van der Waals surface area (Å²) in [5, 5.41) is 0. The van der Waals surface area contributed by atoms with Gasteiger partial charge in [0.05, 0.1) is 4.99 Å². The van der Waals surface area contributed by atoms with Crippen LogP contribution in [0.2, 0.25) is 0 Å². The topological polar surface area (TPSA) is 3.24 Å². The van der Waals surface area contributed by atoms with Crippen molar-refractivity contribution in [1.29, 1.82) is 0 Å². The number of hydrogen-bond acceptors (Lipinski definition) is 1. The minimum atomic E-state index is 0.551. The molecule has 0 fully saturated rings. The van der Waals surface area contributed by atoms with E-state index >= 15 is 0 Å². The molecule has 0 amide bonds. The summed E-state index contributed by atoms with van der Waals surface area (Å²) in [6, 6.07) is 0. The first kappa shape index (κ1) is 8.89. The van der Waals surface area contributed by atoms with Gasteiger partial charge in [0.1, 0.15) is 0 Å². The normalized spacial score (nSPS) is 12.9. The van der Waals surface area contributed by atoms with Gasteiger partial charge in [0.15, 0.2) is 0 Å². The minimum Gasteiger partial charge on any atom is -0.372 e. The van der Waals surface area contributed by atoms with Crippen LogP contribution in [0.25, 0.3) is 0 Å². The fourth-order valence-corrected chi connectivity index (χ4v) is 0.782. The Labute approximate surface area is 63.0 Å². The summed E-state index contributed by atoms with van der Waals surface area (Å²) in [5.74, 6) is 0.551. The predicted octanol–water partition coefficient (Wildman–Crippen LogP) is 1.92. The largest absolute Gasteiger partial charge is 0.372 e. The lowest BCUT2D eigenvalue weighted by atomic mass is 10.1. The Kier molecular flexibility index (Phi) is 3.78. The molecular formula is C7H15NS. The average molecular weight is 145 g/mol. The third-order valence-electron chi connectivity index (χ3n) is 1.47. The highest BCUT2D eigenvalue weighted by molar-refractivity contribution is 7.80. The smallest absolute Gasteiger partial charge is 0.0802 e. The first-order valence-corrected chi connectivity index (χ1v) is 3.71. The van der Waals surface area contributed by atoms with Gasteiger partial charge >= 0.3 is 0 Å². The van der Waals surface area contributed by atoms with Crippen molar-refractivity contribution < 1.29 is 0 Å². The molecule has 1 nitrogen and oxygen atoms in total. The van der Waals surface area contributed by atoms with Gasteiger partial charge in [0.25, 0.3) is 0 Å². The Morgan fingerprint density at radius 2 is 2.00 bits per heavy atom. The molecule has 0 saturated heterocycles. The van der Waals surface area contributed by atoms with E-state index in [0.29, 0.717) is 5.92 Å². The fraction of sp³-hybridized carbons (Fsp3) is 0.857. The molecule has 0 rings (SSSR count). The van der Waals surface area contributed by atoms with E-state index in [1.165, 1.54) is 0 Å². The van der Waals surface area contributed by atoms with Crippen molar-refractivity contribution in [3.63, 3.8) is 0 Å². The second-order valence-electron chi connectivity index (χ2n) is 2.54. The molecule has 0 aromatic heterocycles. The first-order valence-electron chi connectivity index (χ1n) is 3.30. The third-order valence-corrected chi connectivity index (χ3v) is 2.24. The molecule has 0 saturated carbocycles. The first-order chi connectivity index (χ1) is 4.09. The molecule has 1 atom stereocenters. The molecule has 0 aromatic rings. The van der Waals surface area contributed by atoms with Crippen LogP contribution in [0, 0.1) is 5.92 Å². The summed E-state index contributed by atoms with van der Waals surface area (Å²) >= 11 is 5.13. The Balaban J connectivity index is 3.73. The van der Waals surface area contributed by atoms with Gasteiger partial charge in [-0.15, -0.1) is 0 Å². The average Bonchev–Trinajstić information content (AvgIpc) is 1.84. The Morgan fingerprint density at radius 1 is 1.56 bits per heavy atom.